The number of carboxylic acid groups (broad SMARTS) is 1. The van der Waals surface area contributed by atoms with Crippen LogP contribution in [-0.2, 0) is 14.8 Å². The number of carboxylic acids is 1. The Kier molecular flexibility index (Phi) is 5.77. The van der Waals surface area contributed by atoms with E-state index in [-0.39, 0.29) is 19.0 Å². The zero-order valence-electron chi connectivity index (χ0n) is 9.00. The molecule has 0 saturated carbocycles. The fourth-order valence-electron chi connectivity index (χ4n) is 1.05. The number of benzene rings is 1. The highest BCUT2D eigenvalue weighted by molar-refractivity contribution is 7.92. The zero-order valence-corrected chi connectivity index (χ0v) is 10.6. The Hall–Kier alpha value is -1.47. The normalized spacial score (nSPS) is 10.2. The van der Waals surface area contributed by atoms with Crippen molar-refractivity contribution in [1.82, 2.24) is 0 Å². The second-order valence-electron chi connectivity index (χ2n) is 3.20. The highest BCUT2D eigenvalue weighted by Gasteiger charge is 2.01. The molecule has 0 aliphatic heterocycles. The minimum absolute atomic E-state index is 0. The topological polar surface area (TPSA) is 95.5 Å². The summed E-state index contributed by atoms with van der Waals surface area (Å²) in [4.78, 5) is 10.3. The van der Waals surface area contributed by atoms with E-state index >= 15 is 0 Å². The third-order valence-corrected chi connectivity index (χ3v) is 2.24. The van der Waals surface area contributed by atoms with Crippen molar-refractivity contribution >= 4 is 39.8 Å². The van der Waals surface area contributed by atoms with Crippen molar-refractivity contribution in [2.24, 2.45) is 0 Å². The number of aliphatic carboxylic acids is 1. The lowest BCUT2D eigenvalue weighted by atomic mass is 10.3. The first-order valence-corrected chi connectivity index (χ1v) is 6.29. The molecular formula is C9H13ClN2O4S. The molecule has 0 unspecified atom stereocenters. The fraction of sp³-hybridized carbons (Fsp3) is 0.222. The van der Waals surface area contributed by atoms with Crippen LogP contribution in [-0.4, -0.2) is 32.3 Å². The Morgan fingerprint density at radius 3 is 2.12 bits per heavy atom. The summed E-state index contributed by atoms with van der Waals surface area (Å²) in [5.41, 5.74) is 1.05. The van der Waals surface area contributed by atoms with Gasteiger partial charge in [-0.15, -0.1) is 12.4 Å². The first-order valence-electron chi connectivity index (χ1n) is 4.40. The van der Waals surface area contributed by atoms with Gasteiger partial charge in [0, 0.05) is 11.4 Å². The van der Waals surface area contributed by atoms with Crippen LogP contribution in [0.3, 0.4) is 0 Å². The van der Waals surface area contributed by atoms with Crippen LogP contribution >= 0.6 is 12.4 Å². The van der Waals surface area contributed by atoms with Crippen molar-refractivity contribution in [1.29, 1.82) is 0 Å². The first kappa shape index (κ1) is 15.5. The predicted octanol–water partition coefficient (Wildman–Crippen LogP) is 0.976. The lowest BCUT2D eigenvalue weighted by molar-refractivity contribution is -0.134. The van der Waals surface area contributed by atoms with Gasteiger partial charge in [0.15, 0.2) is 0 Å². The minimum atomic E-state index is -3.28. The van der Waals surface area contributed by atoms with E-state index in [2.05, 4.69) is 10.0 Å². The summed E-state index contributed by atoms with van der Waals surface area (Å²) >= 11 is 0. The Labute approximate surface area is 105 Å². The van der Waals surface area contributed by atoms with E-state index < -0.39 is 16.0 Å². The number of halogens is 1. The quantitative estimate of drug-likeness (QED) is 0.747. The van der Waals surface area contributed by atoms with Crippen molar-refractivity contribution in [2.75, 3.05) is 22.8 Å². The van der Waals surface area contributed by atoms with Gasteiger partial charge < -0.3 is 10.4 Å². The molecule has 0 saturated heterocycles. The number of nitrogens with one attached hydrogen (secondary N) is 2. The summed E-state index contributed by atoms with van der Waals surface area (Å²) in [7, 11) is -3.28. The van der Waals surface area contributed by atoms with E-state index in [1.807, 2.05) is 0 Å². The molecule has 1 aromatic carbocycles. The maximum Gasteiger partial charge on any atom is 0.322 e. The molecule has 0 aliphatic rings. The van der Waals surface area contributed by atoms with Crippen molar-refractivity contribution < 1.29 is 18.3 Å². The van der Waals surface area contributed by atoms with E-state index in [4.69, 9.17) is 5.11 Å². The van der Waals surface area contributed by atoms with Crippen LogP contribution in [0.1, 0.15) is 0 Å². The number of carbonyl (C=O) groups is 1. The molecule has 8 heteroatoms. The fourth-order valence-corrected chi connectivity index (χ4v) is 1.61. The molecule has 3 N–H and O–H groups in total. The third kappa shape index (κ3) is 6.64. The molecule has 0 heterocycles. The molecule has 1 rings (SSSR count). The molecule has 0 bridgehead atoms. The Morgan fingerprint density at radius 1 is 1.24 bits per heavy atom. The highest BCUT2D eigenvalue weighted by Crippen LogP contribution is 2.13. The summed E-state index contributed by atoms with van der Waals surface area (Å²) in [6.45, 7) is -0.182. The van der Waals surface area contributed by atoms with Gasteiger partial charge in [-0.2, -0.15) is 0 Å². The number of hydrogen-bond acceptors (Lipinski definition) is 4. The predicted molar refractivity (Wildman–Crippen MR) is 68.3 cm³/mol. The van der Waals surface area contributed by atoms with Gasteiger partial charge in [-0.25, -0.2) is 8.42 Å². The zero-order chi connectivity index (χ0) is 12.2. The molecule has 96 valence electrons. The molecular weight excluding hydrogens is 268 g/mol. The maximum absolute atomic E-state index is 10.9. The van der Waals surface area contributed by atoms with Gasteiger partial charge in [0.25, 0.3) is 0 Å². The number of hydrogen-bond donors (Lipinski definition) is 3. The van der Waals surface area contributed by atoms with Crippen LogP contribution in [0.5, 0.6) is 0 Å². The standard InChI is InChI=1S/C9H12N2O4S.ClH/c1-16(14,15)11-8-4-2-7(3-5-8)10-6-9(12)13;/h2-5,10-11H,6H2,1H3,(H,12,13);1H. The average molecular weight is 281 g/mol. The van der Waals surface area contributed by atoms with Gasteiger partial charge in [0.2, 0.25) is 10.0 Å². The molecule has 0 fully saturated rings. The largest absolute Gasteiger partial charge is 0.480 e. The molecule has 0 atom stereocenters. The first-order chi connectivity index (χ1) is 7.37. The molecule has 0 amide bonds. The van der Waals surface area contributed by atoms with Crippen LogP contribution in [0.2, 0.25) is 0 Å². The van der Waals surface area contributed by atoms with Gasteiger partial charge in [-0.05, 0) is 24.3 Å². The van der Waals surface area contributed by atoms with E-state index in [1.165, 1.54) is 0 Å². The second kappa shape index (κ2) is 6.31. The summed E-state index contributed by atoms with van der Waals surface area (Å²) < 4.78 is 24.1. The Morgan fingerprint density at radius 2 is 1.71 bits per heavy atom. The monoisotopic (exact) mass is 280 g/mol. The SMILES string of the molecule is CS(=O)(=O)Nc1ccc(NCC(=O)O)cc1.Cl. The molecule has 17 heavy (non-hydrogen) atoms. The van der Waals surface area contributed by atoms with Crippen LogP contribution in [0.15, 0.2) is 24.3 Å². The number of sulfonamides is 1. The Balaban J connectivity index is 0.00000256. The summed E-state index contributed by atoms with van der Waals surface area (Å²) in [6.07, 6.45) is 1.06. The van der Waals surface area contributed by atoms with E-state index in [1.54, 1.807) is 24.3 Å². The summed E-state index contributed by atoms with van der Waals surface area (Å²) in [5.74, 6) is -0.960. The van der Waals surface area contributed by atoms with Gasteiger partial charge in [0.05, 0.1) is 6.26 Å². The second-order valence-corrected chi connectivity index (χ2v) is 4.95. The lowest BCUT2D eigenvalue weighted by Crippen LogP contribution is -2.12. The third-order valence-electron chi connectivity index (χ3n) is 1.63. The molecule has 6 nitrogen and oxygen atoms in total. The summed E-state index contributed by atoms with van der Waals surface area (Å²) in [5, 5.41) is 11.1. The smallest absolute Gasteiger partial charge is 0.322 e. The van der Waals surface area contributed by atoms with Crippen molar-refractivity contribution in [3.05, 3.63) is 24.3 Å². The Bertz CT molecular complexity index is 472. The van der Waals surface area contributed by atoms with E-state index in [0.29, 0.717) is 11.4 Å². The summed E-state index contributed by atoms with van der Waals surface area (Å²) in [6, 6.07) is 6.28. The van der Waals surface area contributed by atoms with Crippen LogP contribution < -0.4 is 10.0 Å². The van der Waals surface area contributed by atoms with Crippen molar-refractivity contribution in [2.45, 2.75) is 0 Å². The maximum atomic E-state index is 10.9. The van der Waals surface area contributed by atoms with E-state index in [0.717, 1.165) is 6.26 Å². The van der Waals surface area contributed by atoms with Crippen molar-refractivity contribution in [3.8, 4) is 0 Å². The molecule has 0 spiro atoms. The number of anilines is 2. The lowest BCUT2D eigenvalue weighted by Gasteiger charge is -2.06. The van der Waals surface area contributed by atoms with E-state index in [9.17, 15) is 13.2 Å². The van der Waals surface area contributed by atoms with Gasteiger partial charge in [-0.1, -0.05) is 0 Å². The van der Waals surface area contributed by atoms with Gasteiger partial charge in [0.1, 0.15) is 6.54 Å². The molecule has 1 aromatic rings. The minimum Gasteiger partial charge on any atom is -0.480 e. The van der Waals surface area contributed by atoms with Crippen LogP contribution in [0.4, 0.5) is 11.4 Å². The molecule has 0 aromatic heterocycles. The van der Waals surface area contributed by atoms with Gasteiger partial charge >= 0.3 is 5.97 Å². The van der Waals surface area contributed by atoms with Crippen LogP contribution in [0, 0.1) is 0 Å². The van der Waals surface area contributed by atoms with Crippen molar-refractivity contribution in [3.63, 3.8) is 0 Å². The van der Waals surface area contributed by atoms with Crippen LogP contribution in [0.25, 0.3) is 0 Å². The molecule has 0 radical (unpaired) electrons. The average Bonchev–Trinajstić information content (AvgIpc) is 2.14. The van der Waals surface area contributed by atoms with Gasteiger partial charge in [-0.3, -0.25) is 9.52 Å². The number of rotatable bonds is 5. The highest BCUT2D eigenvalue weighted by atomic mass is 35.5. The molecule has 0 aliphatic carbocycles.